The average molecular weight is 265 g/mol. The average Bonchev–Trinajstić information content (AvgIpc) is 2.16. The van der Waals surface area contributed by atoms with Crippen molar-refractivity contribution in [3.05, 3.63) is 0 Å². The number of hydrogen-bond acceptors (Lipinski definition) is 2. The zero-order valence-electron chi connectivity index (χ0n) is 9.35. The van der Waals surface area contributed by atoms with Crippen molar-refractivity contribution in [3.8, 4) is 0 Å². The molecule has 0 spiro atoms. The van der Waals surface area contributed by atoms with E-state index in [0.29, 0.717) is 5.41 Å². The maximum Gasteiger partial charge on any atom is 0.113 e. The molecule has 1 fully saturated rings. The summed E-state index contributed by atoms with van der Waals surface area (Å²) < 4.78 is 0. The third-order valence-electron chi connectivity index (χ3n) is 3.56. The Morgan fingerprint density at radius 2 is 1.86 bits per heavy atom. The molecule has 84 valence electrons. The predicted octanol–water partition coefficient (Wildman–Crippen LogP) is 3.85. The Bertz CT molecular complexity index is 172. The molecular weight excluding hydrogens is 244 g/mol. The van der Waals surface area contributed by atoms with Gasteiger partial charge in [-0.2, -0.15) is 0 Å². The van der Waals surface area contributed by atoms with Gasteiger partial charge in [0.15, 0.2) is 0 Å². The van der Waals surface area contributed by atoms with Crippen molar-refractivity contribution >= 4 is 15.9 Å². The van der Waals surface area contributed by atoms with Gasteiger partial charge >= 0.3 is 0 Å². The van der Waals surface area contributed by atoms with Crippen LogP contribution in [0.5, 0.6) is 0 Å². The van der Waals surface area contributed by atoms with Crippen LogP contribution in [0.1, 0.15) is 46.5 Å². The molecule has 0 amide bonds. The van der Waals surface area contributed by atoms with Gasteiger partial charge in [0.2, 0.25) is 0 Å². The van der Waals surface area contributed by atoms with Gasteiger partial charge in [-0.1, -0.05) is 36.7 Å². The Kier molecular flexibility index (Phi) is 4.01. The van der Waals surface area contributed by atoms with Gasteiger partial charge in [-0.15, -0.1) is 0 Å². The Morgan fingerprint density at radius 3 is 2.14 bits per heavy atom. The zero-order chi connectivity index (χ0) is 10.8. The van der Waals surface area contributed by atoms with Crippen LogP contribution in [-0.2, 0) is 4.89 Å². The van der Waals surface area contributed by atoms with Crippen molar-refractivity contribution in [1.29, 1.82) is 0 Å². The molecule has 1 saturated carbocycles. The van der Waals surface area contributed by atoms with Crippen LogP contribution in [0.15, 0.2) is 0 Å². The standard InChI is InChI=1S/C11H21BrO2/c1-10(2,3)9-4-6-11(8-12,14-13)7-5-9/h9,13H,4-8H2,1-3H3. The smallest absolute Gasteiger partial charge is 0.113 e. The Balaban J connectivity index is 2.53. The molecule has 0 unspecified atom stereocenters. The van der Waals surface area contributed by atoms with Gasteiger partial charge in [0, 0.05) is 5.33 Å². The molecule has 0 atom stereocenters. The normalized spacial score (nSPS) is 34.5. The van der Waals surface area contributed by atoms with Crippen molar-refractivity contribution in [1.82, 2.24) is 0 Å². The van der Waals surface area contributed by atoms with E-state index < -0.39 is 0 Å². The van der Waals surface area contributed by atoms with E-state index in [4.69, 9.17) is 5.26 Å². The minimum Gasteiger partial charge on any atom is -0.251 e. The van der Waals surface area contributed by atoms with E-state index in [0.717, 1.165) is 36.9 Å². The fourth-order valence-electron chi connectivity index (χ4n) is 2.26. The van der Waals surface area contributed by atoms with Crippen LogP contribution in [0.3, 0.4) is 0 Å². The summed E-state index contributed by atoms with van der Waals surface area (Å²) in [6.45, 7) is 6.87. The Hall–Kier alpha value is 0.400. The van der Waals surface area contributed by atoms with Crippen molar-refractivity contribution in [2.45, 2.75) is 52.1 Å². The van der Waals surface area contributed by atoms with Gasteiger partial charge in [-0.25, -0.2) is 4.89 Å². The first-order valence-electron chi connectivity index (χ1n) is 5.32. The van der Waals surface area contributed by atoms with Crippen LogP contribution in [0, 0.1) is 11.3 Å². The minimum atomic E-state index is -0.318. The van der Waals surface area contributed by atoms with Crippen LogP contribution >= 0.6 is 15.9 Å². The first-order valence-corrected chi connectivity index (χ1v) is 6.44. The van der Waals surface area contributed by atoms with Gasteiger partial charge in [-0.05, 0) is 37.0 Å². The first-order chi connectivity index (χ1) is 6.43. The Morgan fingerprint density at radius 1 is 1.36 bits per heavy atom. The molecule has 2 nitrogen and oxygen atoms in total. The molecule has 0 aromatic heterocycles. The van der Waals surface area contributed by atoms with E-state index in [1.807, 2.05) is 0 Å². The van der Waals surface area contributed by atoms with Gasteiger partial charge < -0.3 is 0 Å². The van der Waals surface area contributed by atoms with Crippen LogP contribution in [0.4, 0.5) is 0 Å². The number of alkyl halides is 1. The van der Waals surface area contributed by atoms with Gasteiger partial charge in [0.05, 0.1) is 0 Å². The molecule has 0 heterocycles. The summed E-state index contributed by atoms with van der Waals surface area (Å²) in [6, 6.07) is 0. The SMILES string of the molecule is CC(C)(C)C1CCC(CBr)(OO)CC1. The lowest BCUT2D eigenvalue weighted by atomic mass is 9.69. The summed E-state index contributed by atoms with van der Waals surface area (Å²) >= 11 is 3.41. The molecular formula is C11H21BrO2. The number of hydrogen-bond donors (Lipinski definition) is 1. The molecule has 0 radical (unpaired) electrons. The van der Waals surface area contributed by atoms with Gasteiger partial charge in [-0.3, -0.25) is 5.26 Å². The van der Waals surface area contributed by atoms with Crippen molar-refractivity contribution < 1.29 is 10.1 Å². The van der Waals surface area contributed by atoms with E-state index in [1.54, 1.807) is 0 Å². The highest BCUT2D eigenvalue weighted by atomic mass is 79.9. The predicted molar refractivity (Wildman–Crippen MR) is 61.7 cm³/mol. The molecule has 0 bridgehead atoms. The fourth-order valence-corrected chi connectivity index (χ4v) is 2.92. The summed E-state index contributed by atoms with van der Waals surface area (Å²) in [5.41, 5.74) is 0.0652. The van der Waals surface area contributed by atoms with Crippen LogP contribution in [-0.4, -0.2) is 16.2 Å². The second-order valence-corrected chi connectivity index (χ2v) is 6.11. The largest absolute Gasteiger partial charge is 0.251 e. The van der Waals surface area contributed by atoms with Crippen molar-refractivity contribution in [2.75, 3.05) is 5.33 Å². The zero-order valence-corrected chi connectivity index (χ0v) is 10.9. The van der Waals surface area contributed by atoms with Crippen LogP contribution < -0.4 is 0 Å². The second-order valence-electron chi connectivity index (χ2n) is 5.55. The third kappa shape index (κ3) is 2.71. The summed E-state index contributed by atoms with van der Waals surface area (Å²) in [5.74, 6) is 0.754. The molecule has 1 aliphatic rings. The summed E-state index contributed by atoms with van der Waals surface area (Å²) in [6.07, 6.45) is 4.21. The molecule has 0 saturated heterocycles. The van der Waals surface area contributed by atoms with Gasteiger partial charge in [0.25, 0.3) is 0 Å². The van der Waals surface area contributed by atoms with E-state index in [-0.39, 0.29) is 5.60 Å². The molecule has 3 heteroatoms. The number of rotatable bonds is 2. The maximum atomic E-state index is 8.90. The molecule has 0 aliphatic heterocycles. The molecule has 1 aliphatic carbocycles. The van der Waals surface area contributed by atoms with E-state index in [9.17, 15) is 0 Å². The van der Waals surface area contributed by atoms with E-state index in [2.05, 4.69) is 41.6 Å². The highest BCUT2D eigenvalue weighted by molar-refractivity contribution is 9.09. The summed E-state index contributed by atoms with van der Waals surface area (Å²) in [5, 5.41) is 9.63. The second kappa shape index (κ2) is 4.50. The van der Waals surface area contributed by atoms with Crippen molar-refractivity contribution in [2.24, 2.45) is 11.3 Å². The van der Waals surface area contributed by atoms with E-state index in [1.165, 1.54) is 0 Å². The molecule has 14 heavy (non-hydrogen) atoms. The highest BCUT2D eigenvalue weighted by Gasteiger charge is 2.39. The third-order valence-corrected chi connectivity index (χ3v) is 4.58. The fraction of sp³-hybridized carbons (Fsp3) is 1.00. The van der Waals surface area contributed by atoms with Crippen LogP contribution in [0.25, 0.3) is 0 Å². The van der Waals surface area contributed by atoms with Crippen LogP contribution in [0.2, 0.25) is 0 Å². The molecule has 1 rings (SSSR count). The lowest BCUT2D eigenvalue weighted by molar-refractivity contribution is -0.325. The molecule has 1 N–H and O–H groups in total. The highest BCUT2D eigenvalue weighted by Crippen LogP contribution is 2.43. The lowest BCUT2D eigenvalue weighted by Crippen LogP contribution is -2.40. The lowest BCUT2D eigenvalue weighted by Gasteiger charge is -2.41. The first kappa shape index (κ1) is 12.5. The maximum absolute atomic E-state index is 8.90. The number of halogens is 1. The molecule has 0 aromatic rings. The topological polar surface area (TPSA) is 29.5 Å². The minimum absolute atomic E-state index is 0.318. The molecule has 0 aromatic carbocycles. The monoisotopic (exact) mass is 264 g/mol. The summed E-state index contributed by atoms with van der Waals surface area (Å²) in [4.78, 5) is 4.64. The quantitative estimate of drug-likeness (QED) is 0.467. The van der Waals surface area contributed by atoms with Gasteiger partial charge in [0.1, 0.15) is 5.60 Å². The van der Waals surface area contributed by atoms with Crippen molar-refractivity contribution in [3.63, 3.8) is 0 Å². The van der Waals surface area contributed by atoms with E-state index >= 15 is 0 Å². The Labute approximate surface area is 95.1 Å². The summed E-state index contributed by atoms with van der Waals surface area (Å²) in [7, 11) is 0.